The number of hydrogen-bond donors (Lipinski definition) is 2. The number of nitrogens with zero attached hydrogens (tertiary/aromatic N) is 4. The normalized spacial score (nSPS) is 17.3. The van der Waals surface area contributed by atoms with Crippen molar-refractivity contribution < 1.29 is 17.9 Å². The molecule has 12 heteroatoms. The van der Waals surface area contributed by atoms with Crippen molar-refractivity contribution in [3.8, 4) is 5.75 Å². The molecule has 0 bridgehead atoms. The number of amides is 1. The summed E-state index contributed by atoms with van der Waals surface area (Å²) in [5.74, 6) is 0.149. The number of anilines is 3. The molecule has 2 aromatic carbocycles. The number of carbonyl (C=O) groups is 1. The minimum Gasteiger partial charge on any atom is -0.496 e. The highest BCUT2D eigenvalue weighted by Gasteiger charge is 2.26. The molecule has 2 saturated heterocycles. The van der Waals surface area contributed by atoms with Crippen molar-refractivity contribution in [1.82, 2.24) is 14.2 Å². The Morgan fingerprint density at radius 2 is 1.60 bits per heavy atom. The van der Waals surface area contributed by atoms with E-state index in [1.54, 1.807) is 25.1 Å². The number of aromatic amines is 1. The van der Waals surface area contributed by atoms with E-state index >= 15 is 0 Å². The number of H-pyrrole nitrogens is 1. The topological polar surface area (TPSA) is 118 Å². The molecule has 3 heterocycles. The highest BCUT2D eigenvalue weighted by molar-refractivity contribution is 7.89. The molecule has 0 atom stereocenters. The molecule has 1 amide bonds. The number of likely N-dealkylation sites (N-methyl/N-ethyl adjacent to an activating group) is 1. The van der Waals surface area contributed by atoms with Crippen molar-refractivity contribution in [2.24, 2.45) is 0 Å². The summed E-state index contributed by atoms with van der Waals surface area (Å²) < 4.78 is 31.3. The fourth-order valence-corrected chi connectivity index (χ4v) is 6.37. The number of rotatable bonds is 7. The maximum Gasteiger partial charge on any atom is 0.272 e. The highest BCUT2D eigenvalue weighted by Crippen LogP contribution is 2.31. The van der Waals surface area contributed by atoms with Crippen molar-refractivity contribution in [3.05, 3.63) is 58.4 Å². The van der Waals surface area contributed by atoms with Gasteiger partial charge in [-0.1, -0.05) is 0 Å². The van der Waals surface area contributed by atoms with Crippen LogP contribution in [-0.2, 0) is 10.0 Å². The lowest BCUT2D eigenvalue weighted by Gasteiger charge is -2.35. The van der Waals surface area contributed by atoms with E-state index in [0.29, 0.717) is 48.5 Å². The molecule has 2 fully saturated rings. The summed E-state index contributed by atoms with van der Waals surface area (Å²) in [6.07, 6.45) is 0. The van der Waals surface area contributed by atoms with E-state index in [9.17, 15) is 18.0 Å². The quantitative estimate of drug-likeness (QED) is 0.445. The minimum atomic E-state index is -3.18. The summed E-state index contributed by atoms with van der Waals surface area (Å²) in [6, 6.07) is 12.5. The lowest BCUT2D eigenvalue weighted by Crippen LogP contribution is -2.49. The third-order valence-electron chi connectivity index (χ3n) is 7.72. The second-order valence-electron chi connectivity index (χ2n) is 10.2. The number of nitrogens with one attached hydrogen (secondary N) is 2. The zero-order valence-corrected chi connectivity index (χ0v) is 24.0. The number of benzene rings is 2. The van der Waals surface area contributed by atoms with Crippen LogP contribution in [0.2, 0.25) is 0 Å². The number of piperazine rings is 2. The average molecular weight is 569 g/mol. The van der Waals surface area contributed by atoms with Gasteiger partial charge in [-0.25, -0.2) is 8.42 Å². The van der Waals surface area contributed by atoms with Gasteiger partial charge in [0.05, 0.1) is 29.5 Å². The molecule has 2 aliphatic rings. The number of hydrogen-bond acceptors (Lipinski definition) is 8. The molecule has 0 spiro atoms. The molecule has 0 unspecified atom stereocenters. The largest absolute Gasteiger partial charge is 0.496 e. The zero-order chi connectivity index (χ0) is 28.4. The second kappa shape index (κ2) is 11.5. The Balaban J connectivity index is 1.34. The molecule has 0 aliphatic carbocycles. The number of ether oxygens (including phenoxy) is 1. The van der Waals surface area contributed by atoms with E-state index in [1.807, 2.05) is 18.2 Å². The first kappa shape index (κ1) is 27.9. The summed E-state index contributed by atoms with van der Waals surface area (Å²) in [4.78, 5) is 36.2. The van der Waals surface area contributed by atoms with Crippen LogP contribution in [0.1, 0.15) is 17.4 Å². The molecule has 1 aromatic heterocycles. The Morgan fingerprint density at radius 3 is 2.23 bits per heavy atom. The monoisotopic (exact) mass is 568 g/mol. The summed E-state index contributed by atoms with van der Waals surface area (Å²) >= 11 is 0. The maximum absolute atomic E-state index is 13.2. The van der Waals surface area contributed by atoms with Crippen LogP contribution in [-0.4, -0.2) is 101 Å². The summed E-state index contributed by atoms with van der Waals surface area (Å²) in [5, 5.41) is 3.30. The van der Waals surface area contributed by atoms with E-state index in [-0.39, 0.29) is 16.9 Å². The standard InChI is InChI=1S/C28H36N6O5S/c1-4-40(37,38)34-17-15-32(16-18-34)21-7-5-20(6-8-21)29-28(36)22-19-24(35)26-25(39-3)10-9-23(27(26)30-22)33-13-11-31(2)12-14-33/h5-10,19H,4,11-18H2,1-3H3,(H,29,36)(H,30,35). The van der Waals surface area contributed by atoms with Crippen LogP contribution in [0.4, 0.5) is 17.1 Å². The van der Waals surface area contributed by atoms with Crippen LogP contribution in [0.5, 0.6) is 5.75 Å². The molecule has 40 heavy (non-hydrogen) atoms. The van der Waals surface area contributed by atoms with E-state index < -0.39 is 15.9 Å². The van der Waals surface area contributed by atoms with Crippen LogP contribution >= 0.6 is 0 Å². The first-order valence-corrected chi connectivity index (χ1v) is 15.1. The summed E-state index contributed by atoms with van der Waals surface area (Å²) in [5.41, 5.74) is 2.87. The SMILES string of the molecule is CCS(=O)(=O)N1CCN(c2ccc(NC(=O)c3cc(=O)c4c(OC)ccc(N5CCN(C)CC5)c4[nH]3)cc2)CC1. The van der Waals surface area contributed by atoms with E-state index in [1.165, 1.54) is 17.5 Å². The summed E-state index contributed by atoms with van der Waals surface area (Å²) in [6.45, 7) is 7.19. The van der Waals surface area contributed by atoms with Crippen molar-refractivity contribution in [2.75, 3.05) is 87.4 Å². The predicted octanol–water partition coefficient (Wildman–Crippen LogP) is 2.01. The molecule has 214 valence electrons. The Hall–Kier alpha value is -3.61. The van der Waals surface area contributed by atoms with Crippen molar-refractivity contribution in [2.45, 2.75) is 6.92 Å². The Morgan fingerprint density at radius 1 is 0.950 bits per heavy atom. The predicted molar refractivity (Wildman–Crippen MR) is 158 cm³/mol. The smallest absolute Gasteiger partial charge is 0.272 e. The second-order valence-corrected chi connectivity index (χ2v) is 12.4. The van der Waals surface area contributed by atoms with E-state index in [0.717, 1.165) is 37.6 Å². The first-order valence-electron chi connectivity index (χ1n) is 13.5. The maximum atomic E-state index is 13.2. The van der Waals surface area contributed by atoms with Crippen molar-refractivity contribution in [3.63, 3.8) is 0 Å². The van der Waals surface area contributed by atoms with Gasteiger partial charge in [0.15, 0.2) is 5.43 Å². The molecule has 5 rings (SSSR count). The molecule has 0 saturated carbocycles. The number of fused-ring (bicyclic) bond motifs is 1. The van der Waals surface area contributed by atoms with Gasteiger partial charge in [0.1, 0.15) is 11.4 Å². The van der Waals surface area contributed by atoms with Gasteiger partial charge in [-0.15, -0.1) is 0 Å². The Kier molecular flexibility index (Phi) is 8.02. The van der Waals surface area contributed by atoms with Gasteiger partial charge in [-0.3, -0.25) is 9.59 Å². The number of pyridine rings is 1. The van der Waals surface area contributed by atoms with Crippen molar-refractivity contribution >= 4 is 43.9 Å². The Bertz CT molecular complexity index is 1540. The fourth-order valence-electron chi connectivity index (χ4n) is 5.28. The third-order valence-corrected chi connectivity index (χ3v) is 9.60. The van der Waals surface area contributed by atoms with Crippen LogP contribution in [0, 0.1) is 0 Å². The zero-order valence-electron chi connectivity index (χ0n) is 23.1. The van der Waals surface area contributed by atoms with Crippen LogP contribution in [0.3, 0.4) is 0 Å². The van der Waals surface area contributed by atoms with Gasteiger partial charge in [-0.05, 0) is 50.4 Å². The molecule has 2 aliphatic heterocycles. The lowest BCUT2D eigenvalue weighted by molar-refractivity contribution is 0.102. The molecule has 0 radical (unpaired) electrons. The Labute approximate surface area is 234 Å². The molecule has 2 N–H and O–H groups in total. The number of sulfonamides is 1. The lowest BCUT2D eigenvalue weighted by atomic mass is 10.1. The van der Waals surface area contributed by atoms with E-state index in [2.05, 4.69) is 32.0 Å². The first-order chi connectivity index (χ1) is 19.2. The van der Waals surface area contributed by atoms with Gasteiger partial charge in [0.25, 0.3) is 5.91 Å². The molecule has 3 aromatic rings. The van der Waals surface area contributed by atoms with Gasteiger partial charge >= 0.3 is 0 Å². The average Bonchev–Trinajstić information content (AvgIpc) is 2.97. The van der Waals surface area contributed by atoms with Crippen LogP contribution < -0.4 is 25.3 Å². The molecule has 11 nitrogen and oxygen atoms in total. The number of methoxy groups -OCH3 is 1. The van der Waals surface area contributed by atoms with Gasteiger partial charge in [0, 0.05) is 69.8 Å². The van der Waals surface area contributed by atoms with Crippen LogP contribution in [0.25, 0.3) is 10.9 Å². The third kappa shape index (κ3) is 5.65. The summed E-state index contributed by atoms with van der Waals surface area (Å²) in [7, 11) is 0.429. The van der Waals surface area contributed by atoms with Crippen molar-refractivity contribution in [1.29, 1.82) is 0 Å². The highest BCUT2D eigenvalue weighted by atomic mass is 32.2. The van der Waals surface area contributed by atoms with Gasteiger partial charge < -0.3 is 29.7 Å². The molecular formula is C28H36N6O5S. The van der Waals surface area contributed by atoms with Crippen LogP contribution in [0.15, 0.2) is 47.3 Å². The minimum absolute atomic E-state index is 0.106. The molecular weight excluding hydrogens is 532 g/mol. The van der Waals surface area contributed by atoms with Gasteiger partial charge in [-0.2, -0.15) is 4.31 Å². The number of aromatic nitrogens is 1. The van der Waals surface area contributed by atoms with Gasteiger partial charge in [0.2, 0.25) is 10.0 Å². The van der Waals surface area contributed by atoms with E-state index in [4.69, 9.17) is 4.74 Å². The fraction of sp³-hybridized carbons (Fsp3) is 0.429. The number of carbonyl (C=O) groups excluding carboxylic acids is 1.